The number of piperidine rings is 1. The van der Waals surface area contributed by atoms with Crippen LogP contribution in [0.2, 0.25) is 0 Å². The number of carbonyl (C=O) groups is 2. The molecule has 0 radical (unpaired) electrons. The van der Waals surface area contributed by atoms with Crippen LogP contribution in [0.3, 0.4) is 0 Å². The van der Waals surface area contributed by atoms with Crippen molar-refractivity contribution < 1.29 is 29.3 Å². The van der Waals surface area contributed by atoms with Gasteiger partial charge in [-0.1, -0.05) is 12.1 Å². The summed E-state index contributed by atoms with van der Waals surface area (Å²) in [6, 6.07) is 5.85. The first-order valence-corrected chi connectivity index (χ1v) is 9.17. The van der Waals surface area contributed by atoms with Gasteiger partial charge in [0.15, 0.2) is 5.65 Å². The van der Waals surface area contributed by atoms with Crippen LogP contribution in [0.25, 0.3) is 5.65 Å². The second kappa shape index (κ2) is 8.87. The molecule has 1 aromatic carbocycles. The van der Waals surface area contributed by atoms with E-state index < -0.39 is 23.3 Å². The number of anilines is 1. The van der Waals surface area contributed by atoms with Crippen LogP contribution >= 0.6 is 0 Å². The number of carboxylic acid groups (broad SMARTS) is 2. The highest BCUT2D eigenvalue weighted by Crippen LogP contribution is 2.36. The summed E-state index contributed by atoms with van der Waals surface area (Å²) in [5, 5.41) is 27.5. The molecule has 0 unspecified atom stereocenters. The molecule has 1 aliphatic heterocycles. The molecule has 2 atom stereocenters. The van der Waals surface area contributed by atoms with Crippen molar-refractivity contribution in [3.63, 3.8) is 0 Å². The van der Waals surface area contributed by atoms with Crippen molar-refractivity contribution in [2.45, 2.75) is 18.9 Å². The highest BCUT2D eigenvalue weighted by Gasteiger charge is 2.49. The van der Waals surface area contributed by atoms with Crippen LogP contribution < -0.4 is 4.90 Å². The van der Waals surface area contributed by atoms with Crippen molar-refractivity contribution in [3.05, 3.63) is 60.4 Å². The van der Waals surface area contributed by atoms with Gasteiger partial charge in [0.05, 0.1) is 18.5 Å². The second-order valence-corrected chi connectivity index (χ2v) is 7.02. The molecule has 10 heteroatoms. The molecule has 0 spiro atoms. The zero-order valence-electron chi connectivity index (χ0n) is 15.9. The molecular weight excluding hydrogens is 395 g/mol. The van der Waals surface area contributed by atoms with E-state index in [2.05, 4.69) is 9.97 Å². The molecule has 0 amide bonds. The predicted octanol–water partition coefficient (Wildman–Crippen LogP) is 1.45. The van der Waals surface area contributed by atoms with E-state index in [0.29, 0.717) is 23.6 Å². The highest BCUT2D eigenvalue weighted by molar-refractivity contribution is 5.77. The summed E-state index contributed by atoms with van der Waals surface area (Å²) in [4.78, 5) is 30.9. The summed E-state index contributed by atoms with van der Waals surface area (Å²) < 4.78 is 15.4. The summed E-state index contributed by atoms with van der Waals surface area (Å²) >= 11 is 0. The third-order valence-corrected chi connectivity index (χ3v) is 5.24. The Bertz CT molecular complexity index is 1040. The van der Waals surface area contributed by atoms with E-state index in [0.717, 1.165) is 0 Å². The summed E-state index contributed by atoms with van der Waals surface area (Å²) in [6.45, 7) is 0.317. The molecule has 9 nitrogen and oxygen atoms in total. The number of hydrogen-bond acceptors (Lipinski definition) is 6. The molecule has 0 saturated carbocycles. The molecule has 30 heavy (non-hydrogen) atoms. The zero-order chi connectivity index (χ0) is 21.7. The predicted molar refractivity (Wildman–Crippen MR) is 105 cm³/mol. The van der Waals surface area contributed by atoms with E-state index in [4.69, 9.17) is 9.90 Å². The van der Waals surface area contributed by atoms with Crippen LogP contribution in [0.4, 0.5) is 10.2 Å². The van der Waals surface area contributed by atoms with E-state index in [1.54, 1.807) is 36.9 Å². The fourth-order valence-corrected chi connectivity index (χ4v) is 3.82. The SMILES string of the molecule is O=C(O)[C@]1(Cc2cccc(F)c2)CN(c2cncc3nccn23)CC[C@@H]1O.O=CO. The van der Waals surface area contributed by atoms with Crippen LogP contribution in [0, 0.1) is 11.2 Å². The van der Waals surface area contributed by atoms with Crippen LogP contribution in [-0.4, -0.2) is 61.3 Å². The monoisotopic (exact) mass is 416 g/mol. The normalized spacial score (nSPS) is 21.0. The average Bonchev–Trinajstić information content (AvgIpc) is 3.19. The number of aliphatic hydroxyl groups is 1. The standard InChI is InChI=1S/C19H19FN4O3.CH2O2/c20-14-3-1-2-13(8-14)9-19(18(26)27)12-23(6-4-15(19)25)17-11-21-10-16-22-5-7-24(16)17;2-1-3/h1-3,5,7-8,10-11,15,25H,4,6,9,12H2,(H,26,27);1H,(H,2,3)/t15-,19+;/m0./s1. The first-order chi connectivity index (χ1) is 14.4. The number of fused-ring (bicyclic) bond motifs is 1. The van der Waals surface area contributed by atoms with Gasteiger partial charge in [0.2, 0.25) is 0 Å². The van der Waals surface area contributed by atoms with Crippen molar-refractivity contribution in [1.82, 2.24) is 14.4 Å². The summed E-state index contributed by atoms with van der Waals surface area (Å²) in [6.07, 6.45) is 5.99. The van der Waals surface area contributed by atoms with Gasteiger partial charge in [0.25, 0.3) is 6.47 Å². The molecule has 1 fully saturated rings. The Labute approximate surface area is 171 Å². The van der Waals surface area contributed by atoms with E-state index in [1.165, 1.54) is 12.1 Å². The lowest BCUT2D eigenvalue weighted by molar-refractivity contribution is -0.157. The zero-order valence-corrected chi connectivity index (χ0v) is 15.9. The second-order valence-electron chi connectivity index (χ2n) is 7.02. The van der Waals surface area contributed by atoms with E-state index >= 15 is 0 Å². The van der Waals surface area contributed by atoms with Crippen LogP contribution in [0.5, 0.6) is 0 Å². The topological polar surface area (TPSA) is 128 Å². The third kappa shape index (κ3) is 4.08. The summed E-state index contributed by atoms with van der Waals surface area (Å²) in [5.74, 6) is -0.820. The van der Waals surface area contributed by atoms with Crippen molar-refractivity contribution in [2.24, 2.45) is 5.41 Å². The van der Waals surface area contributed by atoms with Crippen molar-refractivity contribution in [3.8, 4) is 0 Å². The van der Waals surface area contributed by atoms with Crippen LogP contribution in [0.1, 0.15) is 12.0 Å². The van der Waals surface area contributed by atoms with E-state index in [1.807, 2.05) is 9.30 Å². The Hall–Kier alpha value is -3.53. The van der Waals surface area contributed by atoms with Crippen molar-refractivity contribution in [1.29, 1.82) is 0 Å². The number of hydrogen-bond donors (Lipinski definition) is 3. The van der Waals surface area contributed by atoms with Gasteiger partial charge in [-0.15, -0.1) is 0 Å². The largest absolute Gasteiger partial charge is 0.483 e. The molecule has 158 valence electrons. The minimum atomic E-state index is -1.45. The number of carboxylic acids is 1. The number of aliphatic carboxylic acids is 1. The molecule has 0 aliphatic carbocycles. The summed E-state index contributed by atoms with van der Waals surface area (Å²) in [7, 11) is 0. The van der Waals surface area contributed by atoms with Gasteiger partial charge in [0.1, 0.15) is 17.1 Å². The first-order valence-electron chi connectivity index (χ1n) is 9.17. The highest BCUT2D eigenvalue weighted by atomic mass is 19.1. The van der Waals surface area contributed by atoms with Crippen LogP contribution in [0.15, 0.2) is 49.1 Å². The van der Waals surface area contributed by atoms with Gasteiger partial charge in [0, 0.05) is 25.5 Å². The van der Waals surface area contributed by atoms with Crippen molar-refractivity contribution >= 4 is 23.9 Å². The Morgan fingerprint density at radius 1 is 1.37 bits per heavy atom. The number of benzene rings is 1. The molecule has 3 aromatic rings. The molecular formula is C20H21FN4O5. The van der Waals surface area contributed by atoms with Gasteiger partial charge in [-0.3, -0.25) is 19.0 Å². The minimum Gasteiger partial charge on any atom is -0.483 e. The molecule has 4 rings (SSSR count). The smallest absolute Gasteiger partial charge is 0.314 e. The molecule has 3 heterocycles. The van der Waals surface area contributed by atoms with Gasteiger partial charge < -0.3 is 20.2 Å². The van der Waals surface area contributed by atoms with E-state index in [9.17, 15) is 19.4 Å². The molecule has 2 aromatic heterocycles. The summed E-state index contributed by atoms with van der Waals surface area (Å²) in [5.41, 5.74) is -0.253. The molecule has 0 bridgehead atoms. The van der Waals surface area contributed by atoms with Gasteiger partial charge >= 0.3 is 5.97 Å². The number of aliphatic hydroxyl groups excluding tert-OH is 1. The Balaban J connectivity index is 0.000000806. The van der Waals surface area contributed by atoms with Gasteiger partial charge in [-0.2, -0.15) is 0 Å². The maximum Gasteiger partial charge on any atom is 0.314 e. The maximum absolute atomic E-state index is 13.6. The molecule has 1 saturated heterocycles. The van der Waals surface area contributed by atoms with Crippen molar-refractivity contribution in [2.75, 3.05) is 18.0 Å². The molecule has 3 N–H and O–H groups in total. The lowest BCUT2D eigenvalue weighted by Crippen LogP contribution is -2.57. The number of nitrogens with zero attached hydrogens (tertiary/aromatic N) is 4. The number of aromatic nitrogens is 3. The quantitative estimate of drug-likeness (QED) is 0.545. The van der Waals surface area contributed by atoms with Crippen LogP contribution in [-0.2, 0) is 16.0 Å². The Morgan fingerprint density at radius 3 is 2.83 bits per heavy atom. The lowest BCUT2D eigenvalue weighted by Gasteiger charge is -2.44. The van der Waals surface area contributed by atoms with Gasteiger partial charge in [-0.05, 0) is 30.5 Å². The molecule has 1 aliphatic rings. The number of halogens is 1. The maximum atomic E-state index is 13.6. The van der Waals surface area contributed by atoms with E-state index in [-0.39, 0.29) is 25.9 Å². The van der Waals surface area contributed by atoms with Gasteiger partial charge in [-0.25, -0.2) is 9.37 Å². The number of rotatable bonds is 4. The Morgan fingerprint density at radius 2 is 2.13 bits per heavy atom. The fraction of sp³-hybridized carbons (Fsp3) is 0.300. The average molecular weight is 416 g/mol. The first kappa shape index (κ1) is 21.2. The third-order valence-electron chi connectivity index (χ3n) is 5.24. The number of imidazole rings is 1. The fourth-order valence-electron chi connectivity index (χ4n) is 3.82. The minimum absolute atomic E-state index is 0.0328. The lowest BCUT2D eigenvalue weighted by atomic mass is 9.73. The Kier molecular flexibility index (Phi) is 6.26.